The van der Waals surface area contributed by atoms with Gasteiger partial charge in [-0.15, -0.1) is 0 Å². The maximum atomic E-state index is 12.6. The van der Waals surface area contributed by atoms with Crippen LogP contribution in [0.2, 0.25) is 5.02 Å². The molecule has 2 aromatic carbocycles. The van der Waals surface area contributed by atoms with Crippen molar-refractivity contribution in [3.8, 4) is 5.75 Å². The van der Waals surface area contributed by atoms with Crippen LogP contribution in [-0.4, -0.2) is 49.2 Å². The average Bonchev–Trinajstić information content (AvgIpc) is 3.12. The number of amides is 2. The maximum absolute atomic E-state index is 12.6. The number of fused-ring (bicyclic) bond motifs is 1. The highest BCUT2D eigenvalue weighted by molar-refractivity contribution is 7.22. The van der Waals surface area contributed by atoms with E-state index >= 15 is 0 Å². The number of thiazole rings is 1. The lowest BCUT2D eigenvalue weighted by atomic mass is 10.3. The molecule has 1 aromatic heterocycles. The fraction of sp³-hybridized carbons (Fsp3) is 0.263. The molecule has 8 heteroatoms. The Balaban J connectivity index is 1.40. The Morgan fingerprint density at radius 1 is 1.19 bits per heavy atom. The first-order valence-corrected chi connectivity index (χ1v) is 9.83. The van der Waals surface area contributed by atoms with Crippen LogP contribution in [0.25, 0.3) is 10.2 Å². The Bertz CT molecular complexity index is 936. The molecule has 0 unspecified atom stereocenters. The minimum Gasteiger partial charge on any atom is -0.495 e. The Hall–Kier alpha value is -2.51. The van der Waals surface area contributed by atoms with Gasteiger partial charge in [-0.25, -0.2) is 9.78 Å². The number of aromatic nitrogens is 1. The summed E-state index contributed by atoms with van der Waals surface area (Å²) in [5.74, 6) is 0.584. The van der Waals surface area contributed by atoms with Gasteiger partial charge in [-0.2, -0.15) is 0 Å². The van der Waals surface area contributed by atoms with E-state index in [1.807, 2.05) is 18.2 Å². The van der Waals surface area contributed by atoms with Gasteiger partial charge in [-0.3, -0.25) is 0 Å². The summed E-state index contributed by atoms with van der Waals surface area (Å²) < 4.78 is 6.47. The van der Waals surface area contributed by atoms with Crippen molar-refractivity contribution >= 4 is 50.0 Å². The SMILES string of the molecule is COc1ccc(Cl)cc1NC(=O)N1CCN(c2nc3ccccc3s2)CC1. The first kappa shape index (κ1) is 17.9. The van der Waals surface area contributed by atoms with Gasteiger partial charge in [-0.1, -0.05) is 35.1 Å². The lowest BCUT2D eigenvalue weighted by molar-refractivity contribution is 0.208. The molecule has 0 saturated carbocycles. The summed E-state index contributed by atoms with van der Waals surface area (Å²) in [6.07, 6.45) is 0. The number of urea groups is 1. The smallest absolute Gasteiger partial charge is 0.322 e. The first-order chi connectivity index (χ1) is 13.1. The number of nitrogens with zero attached hydrogens (tertiary/aromatic N) is 3. The summed E-state index contributed by atoms with van der Waals surface area (Å²) in [5, 5.41) is 4.45. The Labute approximate surface area is 166 Å². The zero-order valence-corrected chi connectivity index (χ0v) is 16.4. The van der Waals surface area contributed by atoms with Crippen molar-refractivity contribution in [2.75, 3.05) is 43.5 Å². The first-order valence-electron chi connectivity index (χ1n) is 8.64. The molecule has 0 aliphatic carbocycles. The van der Waals surface area contributed by atoms with E-state index in [0.29, 0.717) is 29.5 Å². The predicted molar refractivity (Wildman–Crippen MR) is 110 cm³/mol. The summed E-state index contributed by atoms with van der Waals surface area (Å²) in [4.78, 5) is 21.3. The number of halogens is 1. The highest BCUT2D eigenvalue weighted by atomic mass is 35.5. The summed E-state index contributed by atoms with van der Waals surface area (Å²) in [6, 6.07) is 13.1. The number of para-hydroxylation sites is 1. The number of carbonyl (C=O) groups excluding carboxylic acids is 1. The van der Waals surface area contributed by atoms with Crippen LogP contribution in [0.5, 0.6) is 5.75 Å². The van der Waals surface area contributed by atoms with Crippen LogP contribution >= 0.6 is 22.9 Å². The zero-order chi connectivity index (χ0) is 18.8. The second kappa shape index (κ2) is 7.62. The van der Waals surface area contributed by atoms with Gasteiger partial charge in [0.05, 0.1) is 23.0 Å². The van der Waals surface area contributed by atoms with Crippen LogP contribution in [0.4, 0.5) is 15.6 Å². The number of ether oxygens (including phenoxy) is 1. The third-order valence-corrected chi connectivity index (χ3v) is 5.86. The summed E-state index contributed by atoms with van der Waals surface area (Å²) in [5.41, 5.74) is 1.59. The number of carbonyl (C=O) groups is 1. The van der Waals surface area contributed by atoms with Crippen LogP contribution in [0.1, 0.15) is 0 Å². The largest absolute Gasteiger partial charge is 0.495 e. The van der Waals surface area contributed by atoms with Gasteiger partial charge in [-0.05, 0) is 30.3 Å². The summed E-state index contributed by atoms with van der Waals surface area (Å²) >= 11 is 7.72. The molecule has 1 fully saturated rings. The van der Waals surface area contributed by atoms with Crippen molar-refractivity contribution in [2.45, 2.75) is 0 Å². The normalized spacial score (nSPS) is 14.4. The molecular weight excluding hydrogens is 384 g/mol. The number of hydrogen-bond acceptors (Lipinski definition) is 5. The molecule has 0 atom stereocenters. The Morgan fingerprint density at radius 2 is 1.96 bits per heavy atom. The molecule has 1 saturated heterocycles. The van der Waals surface area contributed by atoms with Crippen LogP contribution < -0.4 is 15.0 Å². The number of methoxy groups -OCH3 is 1. The summed E-state index contributed by atoms with van der Waals surface area (Å²) in [6.45, 7) is 2.76. The van der Waals surface area contributed by atoms with Gasteiger partial charge >= 0.3 is 6.03 Å². The molecule has 0 spiro atoms. The predicted octanol–water partition coefficient (Wildman–Crippen LogP) is 4.31. The number of piperazine rings is 1. The number of anilines is 2. The van der Waals surface area contributed by atoms with E-state index < -0.39 is 0 Å². The van der Waals surface area contributed by atoms with Crippen LogP contribution in [-0.2, 0) is 0 Å². The molecule has 3 aromatic rings. The van der Waals surface area contributed by atoms with Gasteiger partial charge in [0, 0.05) is 31.2 Å². The van der Waals surface area contributed by atoms with E-state index in [9.17, 15) is 4.79 Å². The Kier molecular flexibility index (Phi) is 5.05. The molecule has 2 heterocycles. The van der Waals surface area contributed by atoms with E-state index in [-0.39, 0.29) is 6.03 Å². The standard InChI is InChI=1S/C19H19ClN4O2S/c1-26-16-7-6-13(20)12-15(16)21-18(25)23-8-10-24(11-9-23)19-22-14-4-2-3-5-17(14)27-19/h2-7,12H,8-11H2,1H3,(H,21,25). The summed E-state index contributed by atoms with van der Waals surface area (Å²) in [7, 11) is 1.57. The molecule has 140 valence electrons. The highest BCUT2D eigenvalue weighted by Crippen LogP contribution is 2.30. The second-order valence-corrected chi connectivity index (χ2v) is 7.66. The van der Waals surface area contributed by atoms with E-state index in [1.165, 1.54) is 4.70 Å². The van der Waals surface area contributed by atoms with Crippen LogP contribution in [0, 0.1) is 0 Å². The van der Waals surface area contributed by atoms with Gasteiger partial charge in [0.15, 0.2) is 5.13 Å². The zero-order valence-electron chi connectivity index (χ0n) is 14.8. The highest BCUT2D eigenvalue weighted by Gasteiger charge is 2.23. The fourth-order valence-corrected chi connectivity index (χ4v) is 4.26. The van der Waals surface area contributed by atoms with Crippen molar-refractivity contribution in [3.05, 3.63) is 47.5 Å². The monoisotopic (exact) mass is 402 g/mol. The van der Waals surface area contributed by atoms with Crippen molar-refractivity contribution in [1.29, 1.82) is 0 Å². The van der Waals surface area contributed by atoms with Gasteiger partial charge in [0.1, 0.15) is 5.75 Å². The molecule has 1 aliphatic rings. The van der Waals surface area contributed by atoms with Crippen molar-refractivity contribution in [1.82, 2.24) is 9.88 Å². The molecule has 1 N–H and O–H groups in total. The second-order valence-electron chi connectivity index (χ2n) is 6.21. The van der Waals surface area contributed by atoms with E-state index in [1.54, 1.807) is 41.5 Å². The molecule has 2 amide bonds. The van der Waals surface area contributed by atoms with E-state index in [4.69, 9.17) is 21.3 Å². The lowest BCUT2D eigenvalue weighted by Crippen LogP contribution is -2.50. The lowest BCUT2D eigenvalue weighted by Gasteiger charge is -2.34. The minimum absolute atomic E-state index is 0.153. The van der Waals surface area contributed by atoms with Crippen molar-refractivity contribution in [3.63, 3.8) is 0 Å². The number of hydrogen-bond donors (Lipinski definition) is 1. The van der Waals surface area contributed by atoms with Gasteiger partial charge in [0.2, 0.25) is 0 Å². The van der Waals surface area contributed by atoms with E-state index in [0.717, 1.165) is 23.7 Å². The Morgan fingerprint density at radius 3 is 2.70 bits per heavy atom. The molecule has 0 radical (unpaired) electrons. The van der Waals surface area contributed by atoms with Crippen molar-refractivity contribution < 1.29 is 9.53 Å². The van der Waals surface area contributed by atoms with Crippen LogP contribution in [0.15, 0.2) is 42.5 Å². The quantitative estimate of drug-likeness (QED) is 0.709. The van der Waals surface area contributed by atoms with Gasteiger partial charge < -0.3 is 19.9 Å². The fourth-order valence-electron chi connectivity index (χ4n) is 3.07. The van der Waals surface area contributed by atoms with Crippen LogP contribution in [0.3, 0.4) is 0 Å². The molecule has 4 rings (SSSR count). The molecular formula is C19H19ClN4O2S. The molecule has 1 aliphatic heterocycles. The molecule has 6 nitrogen and oxygen atoms in total. The number of benzene rings is 2. The van der Waals surface area contributed by atoms with Crippen molar-refractivity contribution in [2.24, 2.45) is 0 Å². The van der Waals surface area contributed by atoms with E-state index in [2.05, 4.69) is 16.3 Å². The average molecular weight is 403 g/mol. The minimum atomic E-state index is -0.153. The topological polar surface area (TPSA) is 57.7 Å². The molecule has 27 heavy (non-hydrogen) atoms. The third-order valence-electron chi connectivity index (χ3n) is 4.52. The number of rotatable bonds is 3. The number of nitrogens with one attached hydrogen (secondary N) is 1. The van der Waals surface area contributed by atoms with Gasteiger partial charge in [0.25, 0.3) is 0 Å². The molecule has 0 bridgehead atoms. The third kappa shape index (κ3) is 3.79. The maximum Gasteiger partial charge on any atom is 0.322 e.